The maximum atomic E-state index is 12.6. The number of aromatic amines is 1. The fourth-order valence-electron chi connectivity index (χ4n) is 4.03. The smallest absolute Gasteiger partial charge is 0.269 e. The standard InChI is InChI=1S/C22H23N3O5S/c1-14-2-8-20-18(12-14)19-13-15(3-9-21(19)24-20)22(26)23-10-11-31(29,30)17-6-4-16(5-7-17)25(27)28/h3-7,9,13-14,24H,2,8,10-12H2,1H3,(H,23,26)/t14-/m0/s1. The number of aryl methyl sites for hydroxylation is 1. The first-order valence-corrected chi connectivity index (χ1v) is 11.8. The number of nitrogens with one attached hydrogen (secondary N) is 2. The van der Waals surface area contributed by atoms with Crippen LogP contribution < -0.4 is 5.32 Å². The molecular formula is C22H23N3O5S. The number of nitro groups is 1. The van der Waals surface area contributed by atoms with Gasteiger partial charge < -0.3 is 10.3 Å². The number of nitro benzene ring substituents is 1. The average molecular weight is 442 g/mol. The molecule has 0 saturated carbocycles. The quantitative estimate of drug-likeness (QED) is 0.448. The van der Waals surface area contributed by atoms with Crippen molar-refractivity contribution >= 4 is 32.3 Å². The van der Waals surface area contributed by atoms with Crippen LogP contribution in [0.2, 0.25) is 0 Å². The molecule has 1 aliphatic carbocycles. The fourth-order valence-corrected chi connectivity index (χ4v) is 5.18. The molecule has 0 saturated heterocycles. The second-order valence-electron chi connectivity index (χ2n) is 8.02. The van der Waals surface area contributed by atoms with Crippen LogP contribution in [0.4, 0.5) is 5.69 Å². The lowest BCUT2D eigenvalue weighted by molar-refractivity contribution is -0.384. The molecule has 0 radical (unpaired) electrons. The molecule has 1 amide bonds. The van der Waals surface area contributed by atoms with Crippen LogP contribution in [-0.2, 0) is 22.7 Å². The third-order valence-electron chi connectivity index (χ3n) is 5.76. The van der Waals surface area contributed by atoms with Gasteiger partial charge in [-0.1, -0.05) is 6.92 Å². The molecule has 9 heteroatoms. The number of sulfone groups is 1. The summed E-state index contributed by atoms with van der Waals surface area (Å²) in [5.74, 6) is -0.0243. The van der Waals surface area contributed by atoms with E-state index in [1.54, 1.807) is 6.07 Å². The minimum Gasteiger partial charge on any atom is -0.358 e. The summed E-state index contributed by atoms with van der Waals surface area (Å²) in [7, 11) is -3.67. The SMILES string of the molecule is C[C@H]1CCc2[nH]c3ccc(C(=O)NCCS(=O)(=O)c4ccc([N+](=O)[O-])cc4)cc3c2C1. The zero-order valence-electron chi connectivity index (χ0n) is 17.1. The predicted molar refractivity (Wildman–Crippen MR) is 117 cm³/mol. The van der Waals surface area contributed by atoms with Gasteiger partial charge in [0.1, 0.15) is 0 Å². The summed E-state index contributed by atoms with van der Waals surface area (Å²) in [6.07, 6.45) is 3.14. The van der Waals surface area contributed by atoms with Crippen molar-refractivity contribution in [1.29, 1.82) is 0 Å². The minimum absolute atomic E-state index is 0.0122. The summed E-state index contributed by atoms with van der Waals surface area (Å²) < 4.78 is 24.9. The molecule has 8 nitrogen and oxygen atoms in total. The number of carbonyl (C=O) groups is 1. The topological polar surface area (TPSA) is 122 Å². The zero-order chi connectivity index (χ0) is 22.2. The molecule has 162 valence electrons. The van der Waals surface area contributed by atoms with Gasteiger partial charge in [0, 0.05) is 40.8 Å². The Labute approximate surface area is 179 Å². The van der Waals surface area contributed by atoms with Crippen LogP contribution in [0.25, 0.3) is 10.9 Å². The lowest BCUT2D eigenvalue weighted by Crippen LogP contribution is -2.29. The van der Waals surface area contributed by atoms with Crippen molar-refractivity contribution in [3.63, 3.8) is 0 Å². The maximum Gasteiger partial charge on any atom is 0.269 e. The highest BCUT2D eigenvalue weighted by Crippen LogP contribution is 2.32. The van der Waals surface area contributed by atoms with E-state index in [9.17, 15) is 23.3 Å². The first kappa shape index (κ1) is 21.0. The number of non-ortho nitro benzene ring substituents is 1. The average Bonchev–Trinajstić information content (AvgIpc) is 3.10. The zero-order valence-corrected chi connectivity index (χ0v) is 17.9. The van der Waals surface area contributed by atoms with E-state index in [0.29, 0.717) is 11.5 Å². The van der Waals surface area contributed by atoms with E-state index < -0.39 is 14.8 Å². The number of nitrogens with zero attached hydrogens (tertiary/aromatic N) is 1. The molecule has 0 bridgehead atoms. The Morgan fingerprint density at radius 3 is 2.68 bits per heavy atom. The van der Waals surface area contributed by atoms with Crippen LogP contribution in [0.5, 0.6) is 0 Å². The van der Waals surface area contributed by atoms with Crippen molar-refractivity contribution in [3.8, 4) is 0 Å². The first-order chi connectivity index (χ1) is 14.7. The van der Waals surface area contributed by atoms with Crippen LogP contribution in [-0.4, -0.2) is 36.5 Å². The highest BCUT2D eigenvalue weighted by molar-refractivity contribution is 7.91. The molecule has 3 aromatic rings. The Morgan fingerprint density at radius 1 is 1.23 bits per heavy atom. The van der Waals surface area contributed by atoms with Crippen LogP contribution in [0.15, 0.2) is 47.4 Å². The molecule has 1 aromatic heterocycles. The van der Waals surface area contributed by atoms with Gasteiger partial charge >= 0.3 is 0 Å². The third kappa shape index (κ3) is 4.32. The Kier molecular flexibility index (Phi) is 5.53. The van der Waals surface area contributed by atoms with Gasteiger partial charge in [-0.25, -0.2) is 8.42 Å². The number of aromatic nitrogens is 1. The van der Waals surface area contributed by atoms with E-state index in [0.717, 1.165) is 42.3 Å². The van der Waals surface area contributed by atoms with Crippen LogP contribution in [0, 0.1) is 16.0 Å². The number of hydrogen-bond donors (Lipinski definition) is 2. The van der Waals surface area contributed by atoms with Crippen LogP contribution >= 0.6 is 0 Å². The highest BCUT2D eigenvalue weighted by atomic mass is 32.2. The van der Waals surface area contributed by atoms with Crippen molar-refractivity contribution in [2.45, 2.75) is 31.1 Å². The van der Waals surface area contributed by atoms with E-state index in [1.807, 2.05) is 12.1 Å². The second-order valence-corrected chi connectivity index (χ2v) is 10.1. The number of amides is 1. The van der Waals surface area contributed by atoms with E-state index >= 15 is 0 Å². The maximum absolute atomic E-state index is 12.6. The van der Waals surface area contributed by atoms with Crippen LogP contribution in [0.1, 0.15) is 35.0 Å². The molecule has 2 N–H and O–H groups in total. The molecule has 0 aliphatic heterocycles. The normalized spacial score (nSPS) is 16.1. The van der Waals surface area contributed by atoms with E-state index in [1.165, 1.54) is 23.4 Å². The van der Waals surface area contributed by atoms with Gasteiger partial charge in [0.25, 0.3) is 11.6 Å². The summed E-state index contributed by atoms with van der Waals surface area (Å²) in [5.41, 5.74) is 3.82. The summed E-state index contributed by atoms with van der Waals surface area (Å²) >= 11 is 0. The number of benzene rings is 2. The molecule has 31 heavy (non-hydrogen) atoms. The second kappa shape index (κ2) is 8.14. The summed E-state index contributed by atoms with van der Waals surface area (Å²) in [4.78, 5) is 26.1. The van der Waals surface area contributed by atoms with Crippen molar-refractivity contribution in [2.75, 3.05) is 12.3 Å². The Morgan fingerprint density at radius 2 is 1.97 bits per heavy atom. The molecule has 0 spiro atoms. The number of hydrogen-bond acceptors (Lipinski definition) is 5. The number of carbonyl (C=O) groups excluding carboxylic acids is 1. The van der Waals surface area contributed by atoms with Gasteiger partial charge in [-0.2, -0.15) is 0 Å². The van der Waals surface area contributed by atoms with Crippen molar-refractivity contribution in [3.05, 3.63) is 69.4 Å². The number of rotatable bonds is 6. The molecule has 1 atom stereocenters. The molecule has 2 aromatic carbocycles. The first-order valence-electron chi connectivity index (χ1n) is 10.1. The van der Waals surface area contributed by atoms with Crippen molar-refractivity contribution in [2.24, 2.45) is 5.92 Å². The fraction of sp³-hybridized carbons (Fsp3) is 0.318. The summed E-state index contributed by atoms with van der Waals surface area (Å²) in [6, 6.07) is 10.2. The lowest BCUT2D eigenvalue weighted by Gasteiger charge is -2.18. The number of fused-ring (bicyclic) bond motifs is 3. The molecule has 0 unspecified atom stereocenters. The largest absolute Gasteiger partial charge is 0.358 e. The summed E-state index contributed by atoms with van der Waals surface area (Å²) in [5, 5.41) is 14.4. The molecule has 1 heterocycles. The van der Waals surface area contributed by atoms with Crippen LogP contribution in [0.3, 0.4) is 0 Å². The Hall–Kier alpha value is -3.20. The Bertz CT molecular complexity index is 1260. The summed E-state index contributed by atoms with van der Waals surface area (Å²) in [6.45, 7) is 2.17. The minimum atomic E-state index is -3.67. The van der Waals surface area contributed by atoms with Gasteiger partial charge in [-0.15, -0.1) is 0 Å². The third-order valence-corrected chi connectivity index (χ3v) is 7.49. The van der Waals surface area contributed by atoms with Crippen molar-refractivity contribution in [1.82, 2.24) is 10.3 Å². The molecule has 1 aliphatic rings. The molecule has 4 rings (SSSR count). The van der Waals surface area contributed by atoms with E-state index in [2.05, 4.69) is 17.2 Å². The molecular weight excluding hydrogens is 418 g/mol. The van der Waals surface area contributed by atoms with Gasteiger partial charge in [0.15, 0.2) is 9.84 Å². The van der Waals surface area contributed by atoms with Gasteiger partial charge in [0.2, 0.25) is 0 Å². The van der Waals surface area contributed by atoms with Gasteiger partial charge in [-0.05, 0) is 61.1 Å². The monoisotopic (exact) mass is 441 g/mol. The number of H-pyrrole nitrogens is 1. The molecule has 0 fully saturated rings. The highest BCUT2D eigenvalue weighted by Gasteiger charge is 2.21. The van der Waals surface area contributed by atoms with E-state index in [-0.39, 0.29) is 28.8 Å². The predicted octanol–water partition coefficient (Wildman–Crippen LogP) is 3.40. The Balaban J connectivity index is 1.43. The lowest BCUT2D eigenvalue weighted by atomic mass is 9.87. The van der Waals surface area contributed by atoms with Gasteiger partial charge in [0.05, 0.1) is 15.6 Å². The van der Waals surface area contributed by atoms with E-state index in [4.69, 9.17) is 0 Å². The van der Waals surface area contributed by atoms with Crippen molar-refractivity contribution < 1.29 is 18.1 Å². The van der Waals surface area contributed by atoms with Gasteiger partial charge in [-0.3, -0.25) is 14.9 Å².